The summed E-state index contributed by atoms with van der Waals surface area (Å²) in [7, 11) is 0. The van der Waals surface area contributed by atoms with Crippen molar-refractivity contribution in [3.05, 3.63) is 29.6 Å². The number of aromatic nitrogens is 1. The van der Waals surface area contributed by atoms with Crippen molar-refractivity contribution >= 4 is 12.0 Å². The fraction of sp³-hybridized carbons (Fsp3) is 0.500. The van der Waals surface area contributed by atoms with Crippen LogP contribution in [0.4, 0.5) is 4.79 Å². The predicted octanol–water partition coefficient (Wildman–Crippen LogP) is 1.08. The Hall–Kier alpha value is -2.15. The maximum Gasteiger partial charge on any atom is 0.335 e. The third kappa shape index (κ3) is 5.39. The molecule has 0 spiro atoms. The van der Waals surface area contributed by atoms with Crippen molar-refractivity contribution in [1.82, 2.24) is 15.2 Å². The second-order valence-corrected chi connectivity index (χ2v) is 4.86. The van der Waals surface area contributed by atoms with E-state index in [1.165, 1.54) is 18.3 Å². The van der Waals surface area contributed by atoms with Crippen LogP contribution in [0.15, 0.2) is 18.3 Å². The zero-order chi connectivity index (χ0) is 15.8. The van der Waals surface area contributed by atoms with Gasteiger partial charge in [0.2, 0.25) is 0 Å². The molecule has 2 amide bonds. The molecule has 0 aromatic carbocycles. The van der Waals surface area contributed by atoms with Gasteiger partial charge < -0.3 is 20.4 Å². The molecule has 7 nitrogen and oxygen atoms in total. The minimum atomic E-state index is -1.03. The first kappa shape index (κ1) is 16.9. The quantitative estimate of drug-likeness (QED) is 0.698. The van der Waals surface area contributed by atoms with E-state index in [-0.39, 0.29) is 30.8 Å². The van der Waals surface area contributed by atoms with E-state index in [0.29, 0.717) is 18.7 Å². The highest BCUT2D eigenvalue weighted by molar-refractivity contribution is 5.87. The van der Waals surface area contributed by atoms with Gasteiger partial charge in [-0.15, -0.1) is 0 Å². The Morgan fingerprint density at radius 2 is 2.14 bits per heavy atom. The van der Waals surface area contributed by atoms with Crippen molar-refractivity contribution in [1.29, 1.82) is 0 Å². The lowest BCUT2D eigenvalue weighted by Crippen LogP contribution is -2.44. The molecule has 1 aromatic heterocycles. The summed E-state index contributed by atoms with van der Waals surface area (Å²) in [6, 6.07) is 2.57. The second kappa shape index (κ2) is 8.21. The predicted molar refractivity (Wildman–Crippen MR) is 77.0 cm³/mol. The number of carbonyl (C=O) groups is 2. The van der Waals surface area contributed by atoms with E-state index in [1.54, 1.807) is 4.90 Å². The van der Waals surface area contributed by atoms with Gasteiger partial charge in [0, 0.05) is 25.4 Å². The standard InChI is InChI=1S/C14H21N3O4/c1-10(2)17(6-3-7-18)14(21)16-9-12-8-11(13(19)20)4-5-15-12/h4-5,8,10,18H,3,6-7,9H2,1-2H3,(H,16,21)(H,19,20). The van der Waals surface area contributed by atoms with Crippen molar-refractivity contribution < 1.29 is 19.8 Å². The number of aliphatic hydroxyl groups excluding tert-OH is 1. The highest BCUT2D eigenvalue weighted by atomic mass is 16.4. The van der Waals surface area contributed by atoms with Gasteiger partial charge in [0.05, 0.1) is 17.8 Å². The van der Waals surface area contributed by atoms with Crippen LogP contribution >= 0.6 is 0 Å². The number of pyridine rings is 1. The minimum Gasteiger partial charge on any atom is -0.478 e. The summed E-state index contributed by atoms with van der Waals surface area (Å²) < 4.78 is 0. The van der Waals surface area contributed by atoms with Crippen molar-refractivity contribution in [2.75, 3.05) is 13.2 Å². The van der Waals surface area contributed by atoms with Crippen LogP contribution < -0.4 is 5.32 Å². The van der Waals surface area contributed by atoms with Gasteiger partial charge in [-0.05, 0) is 32.4 Å². The zero-order valence-corrected chi connectivity index (χ0v) is 12.2. The Balaban J connectivity index is 2.62. The Morgan fingerprint density at radius 1 is 1.43 bits per heavy atom. The third-order valence-electron chi connectivity index (χ3n) is 2.93. The van der Waals surface area contributed by atoms with E-state index in [9.17, 15) is 9.59 Å². The van der Waals surface area contributed by atoms with E-state index < -0.39 is 5.97 Å². The van der Waals surface area contributed by atoms with Gasteiger partial charge in [-0.25, -0.2) is 9.59 Å². The van der Waals surface area contributed by atoms with E-state index in [4.69, 9.17) is 10.2 Å². The van der Waals surface area contributed by atoms with Crippen LogP contribution in [0.25, 0.3) is 0 Å². The van der Waals surface area contributed by atoms with Gasteiger partial charge in [0.1, 0.15) is 0 Å². The Labute approximate surface area is 123 Å². The molecule has 0 saturated heterocycles. The first-order valence-corrected chi connectivity index (χ1v) is 6.79. The van der Waals surface area contributed by atoms with E-state index in [0.717, 1.165) is 0 Å². The number of carboxylic acid groups (broad SMARTS) is 1. The molecule has 1 rings (SSSR count). The molecule has 116 valence electrons. The van der Waals surface area contributed by atoms with Crippen LogP contribution in [0, 0.1) is 0 Å². The minimum absolute atomic E-state index is 0.00913. The molecule has 0 unspecified atom stereocenters. The lowest BCUT2D eigenvalue weighted by molar-refractivity contribution is 0.0696. The van der Waals surface area contributed by atoms with E-state index in [1.807, 2.05) is 13.8 Å². The zero-order valence-electron chi connectivity index (χ0n) is 12.2. The maximum absolute atomic E-state index is 12.1. The van der Waals surface area contributed by atoms with Gasteiger partial charge in [0.15, 0.2) is 0 Å². The molecule has 21 heavy (non-hydrogen) atoms. The molecule has 3 N–H and O–H groups in total. The molecule has 0 bridgehead atoms. The van der Waals surface area contributed by atoms with Gasteiger partial charge in [-0.1, -0.05) is 0 Å². The Kier molecular flexibility index (Phi) is 6.61. The number of hydrogen-bond acceptors (Lipinski definition) is 4. The Morgan fingerprint density at radius 3 is 2.71 bits per heavy atom. The molecular weight excluding hydrogens is 274 g/mol. The van der Waals surface area contributed by atoms with Crippen LogP contribution in [-0.4, -0.2) is 51.3 Å². The van der Waals surface area contributed by atoms with Crippen LogP contribution in [0.5, 0.6) is 0 Å². The lowest BCUT2D eigenvalue weighted by Gasteiger charge is -2.26. The average Bonchev–Trinajstić information content (AvgIpc) is 2.45. The van der Waals surface area contributed by atoms with Crippen molar-refractivity contribution in [3.8, 4) is 0 Å². The van der Waals surface area contributed by atoms with E-state index in [2.05, 4.69) is 10.3 Å². The number of rotatable bonds is 7. The Bertz CT molecular complexity index is 491. The number of nitrogens with zero attached hydrogens (tertiary/aromatic N) is 2. The summed E-state index contributed by atoms with van der Waals surface area (Å²) in [4.78, 5) is 28.6. The molecule has 0 atom stereocenters. The molecule has 0 radical (unpaired) electrons. The number of nitrogens with one attached hydrogen (secondary N) is 1. The summed E-state index contributed by atoms with van der Waals surface area (Å²) in [6.07, 6.45) is 1.91. The van der Waals surface area contributed by atoms with Crippen molar-refractivity contribution in [2.45, 2.75) is 32.9 Å². The van der Waals surface area contributed by atoms with Crippen LogP contribution in [0.1, 0.15) is 36.3 Å². The molecule has 0 aliphatic carbocycles. The number of hydrogen-bond donors (Lipinski definition) is 3. The van der Waals surface area contributed by atoms with Gasteiger partial charge in [-0.2, -0.15) is 0 Å². The number of carboxylic acids is 1. The largest absolute Gasteiger partial charge is 0.478 e. The molecule has 0 aliphatic heterocycles. The molecule has 1 heterocycles. The maximum atomic E-state index is 12.1. The van der Waals surface area contributed by atoms with Gasteiger partial charge >= 0.3 is 12.0 Å². The molecular formula is C14H21N3O4. The van der Waals surface area contributed by atoms with Crippen molar-refractivity contribution in [2.24, 2.45) is 0 Å². The monoisotopic (exact) mass is 295 g/mol. The highest BCUT2D eigenvalue weighted by Gasteiger charge is 2.16. The van der Waals surface area contributed by atoms with Crippen molar-refractivity contribution in [3.63, 3.8) is 0 Å². The number of carbonyl (C=O) groups excluding carboxylic acids is 1. The molecule has 0 aliphatic rings. The third-order valence-corrected chi connectivity index (χ3v) is 2.93. The summed E-state index contributed by atoms with van der Waals surface area (Å²) >= 11 is 0. The SMILES string of the molecule is CC(C)N(CCCO)C(=O)NCc1cc(C(=O)O)ccn1. The highest BCUT2D eigenvalue weighted by Crippen LogP contribution is 2.04. The second-order valence-electron chi connectivity index (χ2n) is 4.86. The van der Waals surface area contributed by atoms with Gasteiger partial charge in [-0.3, -0.25) is 4.98 Å². The average molecular weight is 295 g/mol. The first-order chi connectivity index (χ1) is 9.95. The first-order valence-electron chi connectivity index (χ1n) is 6.79. The number of aromatic carboxylic acids is 1. The fourth-order valence-electron chi connectivity index (χ4n) is 1.81. The summed E-state index contributed by atoms with van der Waals surface area (Å²) in [5.74, 6) is -1.03. The van der Waals surface area contributed by atoms with E-state index >= 15 is 0 Å². The van der Waals surface area contributed by atoms with Crippen LogP contribution in [0.3, 0.4) is 0 Å². The fourth-order valence-corrected chi connectivity index (χ4v) is 1.81. The molecule has 7 heteroatoms. The molecule has 0 saturated carbocycles. The molecule has 0 fully saturated rings. The summed E-state index contributed by atoms with van der Waals surface area (Å²) in [6.45, 7) is 4.42. The number of urea groups is 1. The van der Waals surface area contributed by atoms with Crippen LogP contribution in [0.2, 0.25) is 0 Å². The lowest BCUT2D eigenvalue weighted by atomic mass is 10.2. The number of aliphatic hydroxyl groups is 1. The van der Waals surface area contributed by atoms with Gasteiger partial charge in [0.25, 0.3) is 0 Å². The number of amides is 2. The smallest absolute Gasteiger partial charge is 0.335 e. The summed E-state index contributed by atoms with van der Waals surface area (Å²) in [5, 5.41) is 20.4. The normalized spacial score (nSPS) is 10.5. The molecule has 1 aromatic rings. The topological polar surface area (TPSA) is 103 Å². The summed E-state index contributed by atoms with van der Waals surface area (Å²) in [5.41, 5.74) is 0.615. The van der Waals surface area contributed by atoms with Crippen LogP contribution in [-0.2, 0) is 6.54 Å².